The van der Waals surface area contributed by atoms with Crippen LogP contribution in [0.2, 0.25) is 0 Å². The summed E-state index contributed by atoms with van der Waals surface area (Å²) in [6.07, 6.45) is 0.662. The van der Waals surface area contributed by atoms with Crippen molar-refractivity contribution in [2.24, 2.45) is 0 Å². The maximum absolute atomic E-state index is 11.8. The van der Waals surface area contributed by atoms with Gasteiger partial charge in [-0.25, -0.2) is 0 Å². The zero-order valence-electron chi connectivity index (χ0n) is 12.2. The SMILES string of the molecule is C=CS(=O)(=O)CC[PH](C)(c1ccccc1)c1ccccc1. The Morgan fingerprint density at radius 2 is 1.38 bits per heavy atom. The molecule has 21 heavy (non-hydrogen) atoms. The van der Waals surface area contributed by atoms with Crippen LogP contribution in [0.5, 0.6) is 0 Å². The number of benzene rings is 2. The van der Waals surface area contributed by atoms with Crippen molar-refractivity contribution < 1.29 is 8.42 Å². The maximum atomic E-state index is 11.8. The molecule has 0 fully saturated rings. The zero-order valence-corrected chi connectivity index (χ0v) is 14.0. The van der Waals surface area contributed by atoms with Crippen molar-refractivity contribution >= 4 is 27.7 Å². The van der Waals surface area contributed by atoms with Crippen molar-refractivity contribution in [3.63, 3.8) is 0 Å². The average Bonchev–Trinajstić information content (AvgIpc) is 2.54. The molecule has 0 spiro atoms. The van der Waals surface area contributed by atoms with Crippen molar-refractivity contribution in [3.8, 4) is 0 Å². The summed E-state index contributed by atoms with van der Waals surface area (Å²) in [6, 6.07) is 20.5. The van der Waals surface area contributed by atoms with Gasteiger partial charge in [0.25, 0.3) is 0 Å². The zero-order chi connectivity index (χ0) is 15.3. The molecule has 0 aliphatic rings. The van der Waals surface area contributed by atoms with Gasteiger partial charge in [0.1, 0.15) is 0 Å². The molecule has 4 heteroatoms. The Bertz CT molecular complexity index is 655. The van der Waals surface area contributed by atoms with Crippen LogP contribution in [0.1, 0.15) is 0 Å². The Kier molecular flexibility index (Phi) is 4.97. The fourth-order valence-electron chi connectivity index (χ4n) is 2.50. The molecule has 0 aliphatic heterocycles. The van der Waals surface area contributed by atoms with Gasteiger partial charge < -0.3 is 0 Å². The normalized spacial score (nSPS) is 12.8. The molecule has 0 saturated carbocycles. The summed E-state index contributed by atoms with van der Waals surface area (Å²) >= 11 is 0. The van der Waals surface area contributed by atoms with Crippen LogP contribution in [0.4, 0.5) is 0 Å². The van der Waals surface area contributed by atoms with Gasteiger partial charge in [-0.1, -0.05) is 0 Å². The molecule has 0 aromatic heterocycles. The molecule has 0 aliphatic carbocycles. The van der Waals surface area contributed by atoms with E-state index in [4.69, 9.17) is 0 Å². The molecular weight excluding hydrogens is 299 g/mol. The molecule has 2 aromatic rings. The fourth-order valence-corrected chi connectivity index (χ4v) is 8.20. The third kappa shape index (κ3) is 3.81. The predicted octanol–water partition coefficient (Wildman–Crippen LogP) is 2.58. The van der Waals surface area contributed by atoms with Gasteiger partial charge in [0.15, 0.2) is 0 Å². The van der Waals surface area contributed by atoms with Crippen molar-refractivity contribution in [3.05, 3.63) is 72.7 Å². The van der Waals surface area contributed by atoms with Crippen molar-refractivity contribution in [2.45, 2.75) is 0 Å². The molecule has 0 saturated heterocycles. The molecule has 112 valence electrons. The molecule has 0 heterocycles. The average molecular weight is 320 g/mol. The second kappa shape index (κ2) is 6.55. The monoisotopic (exact) mass is 320 g/mol. The third-order valence-electron chi connectivity index (χ3n) is 3.96. The van der Waals surface area contributed by atoms with Crippen LogP contribution >= 0.6 is 7.26 Å². The van der Waals surface area contributed by atoms with Gasteiger partial charge in [-0.3, -0.25) is 0 Å². The quantitative estimate of drug-likeness (QED) is 0.767. The van der Waals surface area contributed by atoms with Crippen LogP contribution < -0.4 is 10.6 Å². The first-order chi connectivity index (χ1) is 9.98. The summed E-state index contributed by atoms with van der Waals surface area (Å²) in [5.74, 6) is 0.156. The van der Waals surface area contributed by atoms with E-state index in [1.165, 1.54) is 10.6 Å². The summed E-state index contributed by atoms with van der Waals surface area (Å²) < 4.78 is 23.6. The predicted molar refractivity (Wildman–Crippen MR) is 95.2 cm³/mol. The topological polar surface area (TPSA) is 34.1 Å². The third-order valence-corrected chi connectivity index (χ3v) is 10.1. The second-order valence-corrected chi connectivity index (χ2v) is 11.7. The van der Waals surface area contributed by atoms with Crippen LogP contribution in [0.3, 0.4) is 0 Å². The molecule has 2 nitrogen and oxygen atoms in total. The van der Waals surface area contributed by atoms with E-state index in [9.17, 15) is 8.42 Å². The first-order valence-corrected chi connectivity index (χ1v) is 11.4. The minimum atomic E-state index is -3.17. The van der Waals surface area contributed by atoms with Gasteiger partial charge in [0.2, 0.25) is 0 Å². The van der Waals surface area contributed by atoms with Crippen LogP contribution in [0.15, 0.2) is 72.7 Å². The molecule has 0 N–H and O–H groups in total. The number of hydrogen-bond acceptors (Lipinski definition) is 2. The number of rotatable bonds is 6. The molecule has 0 amide bonds. The van der Waals surface area contributed by atoms with E-state index < -0.39 is 17.1 Å². The van der Waals surface area contributed by atoms with Crippen LogP contribution in [0, 0.1) is 0 Å². The van der Waals surface area contributed by atoms with E-state index in [2.05, 4.69) is 37.5 Å². The first-order valence-electron chi connectivity index (χ1n) is 6.94. The van der Waals surface area contributed by atoms with E-state index in [1.807, 2.05) is 36.4 Å². The van der Waals surface area contributed by atoms with E-state index in [0.717, 1.165) is 5.41 Å². The van der Waals surface area contributed by atoms with Crippen LogP contribution in [-0.4, -0.2) is 27.0 Å². The van der Waals surface area contributed by atoms with Crippen LogP contribution in [-0.2, 0) is 9.84 Å². The summed E-state index contributed by atoms with van der Waals surface area (Å²) in [4.78, 5) is 0. The molecule has 0 unspecified atom stereocenters. The molecule has 2 rings (SSSR count). The van der Waals surface area contributed by atoms with Crippen molar-refractivity contribution in [1.82, 2.24) is 0 Å². The molecule has 0 bridgehead atoms. The summed E-state index contributed by atoms with van der Waals surface area (Å²) in [5.41, 5.74) is 0. The molecule has 0 radical (unpaired) electrons. The first kappa shape index (κ1) is 15.9. The van der Waals surface area contributed by atoms with Gasteiger partial charge in [0.05, 0.1) is 0 Å². The molecular formula is C17H21O2PS. The van der Waals surface area contributed by atoms with E-state index in [0.29, 0.717) is 6.16 Å². The standard InChI is InChI=1S/C17H21O2PS/c1-3-21(18,19)15-14-20(2,16-10-6-4-7-11-16)17-12-8-5-9-13-17/h3-13,20H,1,14-15H2,2H3. The fraction of sp³-hybridized carbons (Fsp3) is 0.176. The number of sulfone groups is 1. The van der Waals surface area contributed by atoms with Gasteiger partial charge in [-0.05, 0) is 0 Å². The molecule has 0 atom stereocenters. The Morgan fingerprint density at radius 3 is 1.76 bits per heavy atom. The Morgan fingerprint density at radius 1 is 0.952 bits per heavy atom. The van der Waals surface area contributed by atoms with Crippen LogP contribution in [0.25, 0.3) is 0 Å². The van der Waals surface area contributed by atoms with Crippen molar-refractivity contribution in [1.29, 1.82) is 0 Å². The van der Waals surface area contributed by atoms with Gasteiger partial charge in [-0.15, -0.1) is 0 Å². The summed E-state index contributed by atoms with van der Waals surface area (Å²) in [7, 11) is -5.22. The van der Waals surface area contributed by atoms with E-state index in [-0.39, 0.29) is 5.75 Å². The van der Waals surface area contributed by atoms with E-state index >= 15 is 0 Å². The summed E-state index contributed by atoms with van der Waals surface area (Å²) in [6.45, 7) is 5.64. The number of hydrogen-bond donors (Lipinski definition) is 0. The second-order valence-electron chi connectivity index (χ2n) is 5.35. The van der Waals surface area contributed by atoms with Crippen molar-refractivity contribution in [2.75, 3.05) is 18.6 Å². The minimum absolute atomic E-state index is 0.156. The molecule has 2 aromatic carbocycles. The Labute approximate surface area is 127 Å². The van der Waals surface area contributed by atoms with Gasteiger partial charge in [0, 0.05) is 0 Å². The van der Waals surface area contributed by atoms with Gasteiger partial charge >= 0.3 is 127 Å². The summed E-state index contributed by atoms with van der Waals surface area (Å²) in [5, 5.41) is 3.59. The Balaban J connectivity index is 2.43. The van der Waals surface area contributed by atoms with Gasteiger partial charge in [-0.2, -0.15) is 0 Å². The Hall–Kier alpha value is -1.44. The van der Waals surface area contributed by atoms with E-state index in [1.54, 1.807) is 0 Å².